The predicted octanol–water partition coefficient (Wildman–Crippen LogP) is 2.57. The van der Waals surface area contributed by atoms with Gasteiger partial charge in [0.25, 0.3) is 5.91 Å². The summed E-state index contributed by atoms with van der Waals surface area (Å²) in [6, 6.07) is 16.3. The summed E-state index contributed by atoms with van der Waals surface area (Å²) in [4.78, 5) is 24.1. The predicted molar refractivity (Wildman–Crippen MR) is 106 cm³/mol. The Kier molecular flexibility index (Phi) is 6.47. The molecule has 0 aliphatic carbocycles. The largest absolute Gasteiger partial charge is 0.493 e. The van der Waals surface area contributed by atoms with Crippen molar-refractivity contribution in [3.63, 3.8) is 0 Å². The molecule has 2 aromatic carbocycles. The zero-order valence-electron chi connectivity index (χ0n) is 16.1. The minimum Gasteiger partial charge on any atom is -0.493 e. The smallest absolute Gasteiger partial charge is 0.356 e. The summed E-state index contributed by atoms with van der Waals surface area (Å²) in [5.74, 6) is 0.0990. The molecule has 0 aliphatic heterocycles. The number of rotatable bonds is 8. The zero-order chi connectivity index (χ0) is 20.6. The summed E-state index contributed by atoms with van der Waals surface area (Å²) in [6.07, 6.45) is 0. The van der Waals surface area contributed by atoms with Crippen molar-refractivity contribution in [2.24, 2.45) is 0 Å². The van der Waals surface area contributed by atoms with Crippen LogP contribution in [-0.4, -0.2) is 42.9 Å². The number of esters is 1. The van der Waals surface area contributed by atoms with E-state index >= 15 is 0 Å². The maximum atomic E-state index is 12.1. The minimum atomic E-state index is -0.652. The van der Waals surface area contributed by atoms with Gasteiger partial charge in [-0.05, 0) is 23.8 Å². The van der Waals surface area contributed by atoms with E-state index in [4.69, 9.17) is 14.2 Å². The molecular formula is C21H21N3O5. The van der Waals surface area contributed by atoms with E-state index in [0.717, 1.165) is 11.1 Å². The SMILES string of the molecule is COc1ccc(CNC(=O)COC(=O)c2cc(-c3ccccc3)n[nH]2)cc1OC. The van der Waals surface area contributed by atoms with E-state index in [2.05, 4.69) is 15.5 Å². The molecule has 150 valence electrons. The van der Waals surface area contributed by atoms with Crippen LogP contribution >= 0.6 is 0 Å². The highest BCUT2D eigenvalue weighted by atomic mass is 16.5. The van der Waals surface area contributed by atoms with Gasteiger partial charge >= 0.3 is 5.97 Å². The molecule has 2 N–H and O–H groups in total. The Morgan fingerprint density at radius 3 is 2.48 bits per heavy atom. The second-order valence-electron chi connectivity index (χ2n) is 6.08. The maximum Gasteiger partial charge on any atom is 0.356 e. The average molecular weight is 395 g/mol. The molecule has 3 rings (SSSR count). The van der Waals surface area contributed by atoms with Crippen LogP contribution < -0.4 is 14.8 Å². The third-order valence-corrected chi connectivity index (χ3v) is 4.14. The zero-order valence-corrected chi connectivity index (χ0v) is 16.1. The number of carbonyl (C=O) groups excluding carboxylic acids is 2. The highest BCUT2D eigenvalue weighted by Gasteiger charge is 2.14. The molecule has 0 bridgehead atoms. The molecule has 0 aliphatic rings. The van der Waals surface area contributed by atoms with Crippen LogP contribution in [0.15, 0.2) is 54.6 Å². The van der Waals surface area contributed by atoms with Crippen molar-refractivity contribution in [1.29, 1.82) is 0 Å². The highest BCUT2D eigenvalue weighted by molar-refractivity contribution is 5.90. The highest BCUT2D eigenvalue weighted by Crippen LogP contribution is 2.27. The number of H-pyrrole nitrogens is 1. The number of benzene rings is 2. The number of hydrogen-bond donors (Lipinski definition) is 2. The number of aromatic nitrogens is 2. The molecule has 0 saturated heterocycles. The first-order chi connectivity index (χ1) is 14.1. The van der Waals surface area contributed by atoms with Gasteiger partial charge in [0.15, 0.2) is 18.1 Å². The van der Waals surface area contributed by atoms with Crippen molar-refractivity contribution in [3.8, 4) is 22.8 Å². The Morgan fingerprint density at radius 1 is 1.00 bits per heavy atom. The first-order valence-corrected chi connectivity index (χ1v) is 8.86. The van der Waals surface area contributed by atoms with Crippen LogP contribution in [0.2, 0.25) is 0 Å². The van der Waals surface area contributed by atoms with E-state index in [9.17, 15) is 9.59 Å². The summed E-state index contributed by atoms with van der Waals surface area (Å²) < 4.78 is 15.4. The lowest BCUT2D eigenvalue weighted by molar-refractivity contribution is -0.124. The van der Waals surface area contributed by atoms with Crippen LogP contribution in [0, 0.1) is 0 Å². The van der Waals surface area contributed by atoms with Gasteiger partial charge in [-0.3, -0.25) is 9.89 Å². The molecule has 1 aromatic heterocycles. The number of nitrogens with zero attached hydrogens (tertiary/aromatic N) is 1. The normalized spacial score (nSPS) is 10.3. The van der Waals surface area contributed by atoms with Crippen molar-refractivity contribution in [2.45, 2.75) is 6.54 Å². The lowest BCUT2D eigenvalue weighted by Gasteiger charge is -2.10. The van der Waals surface area contributed by atoms with Crippen LogP contribution in [0.25, 0.3) is 11.3 Å². The Balaban J connectivity index is 1.49. The Hall–Kier alpha value is -3.81. The summed E-state index contributed by atoms with van der Waals surface area (Å²) in [5.41, 5.74) is 2.49. The van der Waals surface area contributed by atoms with E-state index in [1.807, 2.05) is 36.4 Å². The van der Waals surface area contributed by atoms with Gasteiger partial charge in [0.05, 0.1) is 19.9 Å². The number of carbonyl (C=O) groups is 2. The summed E-state index contributed by atoms with van der Waals surface area (Å²) >= 11 is 0. The summed E-state index contributed by atoms with van der Waals surface area (Å²) in [7, 11) is 3.09. The fourth-order valence-corrected chi connectivity index (χ4v) is 2.63. The van der Waals surface area contributed by atoms with Gasteiger partial charge < -0.3 is 19.5 Å². The monoisotopic (exact) mass is 395 g/mol. The molecule has 8 nitrogen and oxygen atoms in total. The van der Waals surface area contributed by atoms with Crippen LogP contribution in [0.3, 0.4) is 0 Å². The lowest BCUT2D eigenvalue weighted by Crippen LogP contribution is -2.28. The van der Waals surface area contributed by atoms with Gasteiger partial charge in [-0.1, -0.05) is 36.4 Å². The number of ether oxygens (including phenoxy) is 3. The Bertz CT molecular complexity index is 985. The third-order valence-electron chi connectivity index (χ3n) is 4.14. The van der Waals surface area contributed by atoms with Gasteiger partial charge in [-0.25, -0.2) is 4.79 Å². The molecule has 0 unspecified atom stereocenters. The number of nitrogens with one attached hydrogen (secondary N) is 2. The Labute approximate surface area is 167 Å². The molecule has 3 aromatic rings. The van der Waals surface area contributed by atoms with Crippen molar-refractivity contribution >= 4 is 11.9 Å². The van der Waals surface area contributed by atoms with Gasteiger partial charge in [0, 0.05) is 12.1 Å². The number of amides is 1. The summed E-state index contributed by atoms with van der Waals surface area (Å²) in [6.45, 7) is -0.134. The third kappa shape index (κ3) is 5.13. The molecule has 0 radical (unpaired) electrons. The van der Waals surface area contributed by atoms with Crippen LogP contribution in [0.4, 0.5) is 0 Å². The molecule has 1 amide bonds. The van der Waals surface area contributed by atoms with Gasteiger partial charge in [-0.15, -0.1) is 0 Å². The molecule has 1 heterocycles. The Morgan fingerprint density at radius 2 is 1.76 bits per heavy atom. The van der Waals surface area contributed by atoms with Crippen molar-refractivity contribution in [3.05, 3.63) is 65.9 Å². The lowest BCUT2D eigenvalue weighted by atomic mass is 10.1. The second kappa shape index (κ2) is 9.41. The fourth-order valence-electron chi connectivity index (χ4n) is 2.63. The van der Waals surface area contributed by atoms with E-state index in [1.165, 1.54) is 0 Å². The number of aromatic amines is 1. The van der Waals surface area contributed by atoms with Gasteiger partial charge in [0.2, 0.25) is 0 Å². The second-order valence-corrected chi connectivity index (χ2v) is 6.08. The van der Waals surface area contributed by atoms with Gasteiger partial charge in [-0.2, -0.15) is 5.10 Å². The fraction of sp³-hybridized carbons (Fsp3) is 0.190. The van der Waals surface area contributed by atoms with E-state index in [0.29, 0.717) is 17.2 Å². The topological polar surface area (TPSA) is 103 Å². The van der Waals surface area contributed by atoms with Crippen LogP contribution in [-0.2, 0) is 16.1 Å². The minimum absolute atomic E-state index is 0.177. The molecule has 0 fully saturated rings. The molecule has 29 heavy (non-hydrogen) atoms. The van der Waals surface area contributed by atoms with E-state index in [-0.39, 0.29) is 12.2 Å². The average Bonchev–Trinajstić information content (AvgIpc) is 3.27. The quantitative estimate of drug-likeness (QED) is 0.569. The molecule has 0 atom stereocenters. The molecule has 0 saturated carbocycles. The number of hydrogen-bond acceptors (Lipinski definition) is 6. The first-order valence-electron chi connectivity index (χ1n) is 8.86. The standard InChI is InChI=1S/C21H21N3O5/c1-27-18-9-8-14(10-19(18)28-2)12-22-20(25)13-29-21(26)17-11-16(23-24-17)15-6-4-3-5-7-15/h3-11H,12-13H2,1-2H3,(H,22,25)(H,23,24). The van der Waals surface area contributed by atoms with Crippen molar-refractivity contribution < 1.29 is 23.8 Å². The number of methoxy groups -OCH3 is 2. The molecule has 0 spiro atoms. The van der Waals surface area contributed by atoms with E-state index < -0.39 is 18.5 Å². The molecule has 8 heteroatoms. The summed E-state index contributed by atoms with van der Waals surface area (Å²) in [5, 5.41) is 9.41. The first kappa shape index (κ1) is 19.9. The van der Waals surface area contributed by atoms with E-state index in [1.54, 1.807) is 32.4 Å². The van der Waals surface area contributed by atoms with Crippen molar-refractivity contribution in [2.75, 3.05) is 20.8 Å². The molecular weight excluding hydrogens is 374 g/mol. The van der Waals surface area contributed by atoms with Crippen molar-refractivity contribution in [1.82, 2.24) is 15.5 Å². The van der Waals surface area contributed by atoms with Crippen LogP contribution in [0.1, 0.15) is 16.1 Å². The maximum absolute atomic E-state index is 12.1. The van der Waals surface area contributed by atoms with Gasteiger partial charge in [0.1, 0.15) is 5.69 Å². The van der Waals surface area contributed by atoms with Crippen LogP contribution in [0.5, 0.6) is 11.5 Å².